The van der Waals surface area contributed by atoms with Gasteiger partial charge in [-0.05, 0) is 37.6 Å². The van der Waals surface area contributed by atoms with Crippen LogP contribution in [0.4, 0.5) is 10.2 Å². The van der Waals surface area contributed by atoms with Crippen LogP contribution in [0, 0.1) is 12.7 Å². The highest BCUT2D eigenvalue weighted by Gasteiger charge is 2.12. The van der Waals surface area contributed by atoms with Crippen LogP contribution >= 0.6 is 11.7 Å². The summed E-state index contributed by atoms with van der Waals surface area (Å²) in [5.41, 5.74) is 2.59. The third kappa shape index (κ3) is 2.04. The summed E-state index contributed by atoms with van der Waals surface area (Å²) < 4.78 is 21.4. The Kier molecular flexibility index (Phi) is 3.14. The van der Waals surface area contributed by atoms with Crippen molar-refractivity contribution in [3.8, 4) is 11.3 Å². The predicted molar refractivity (Wildman–Crippen MR) is 64.2 cm³/mol. The molecule has 0 saturated carbocycles. The van der Waals surface area contributed by atoms with Crippen LogP contribution in [0.2, 0.25) is 0 Å². The lowest BCUT2D eigenvalue weighted by atomic mass is 10.1. The largest absolute Gasteiger partial charge is 0.368 e. The Morgan fingerprint density at radius 3 is 2.88 bits per heavy atom. The number of anilines is 1. The topological polar surface area (TPSA) is 37.8 Å². The van der Waals surface area contributed by atoms with Gasteiger partial charge in [-0.1, -0.05) is 0 Å². The van der Waals surface area contributed by atoms with Crippen LogP contribution in [0.15, 0.2) is 18.2 Å². The van der Waals surface area contributed by atoms with Crippen molar-refractivity contribution >= 4 is 17.5 Å². The molecule has 0 fully saturated rings. The number of hydrogen-bond donors (Lipinski definition) is 1. The lowest BCUT2D eigenvalue weighted by Crippen LogP contribution is -1.99. The molecule has 0 aliphatic rings. The summed E-state index contributed by atoms with van der Waals surface area (Å²) in [4.78, 5) is 0. The molecule has 0 spiro atoms. The molecule has 0 bridgehead atoms. The summed E-state index contributed by atoms with van der Waals surface area (Å²) in [5, 5.41) is 3.14. The van der Waals surface area contributed by atoms with Crippen molar-refractivity contribution in [3.63, 3.8) is 0 Å². The lowest BCUT2D eigenvalue weighted by molar-refractivity contribution is 0.627. The van der Waals surface area contributed by atoms with Crippen molar-refractivity contribution in [2.24, 2.45) is 0 Å². The number of nitrogens with zero attached hydrogens (tertiary/aromatic N) is 2. The first-order valence-corrected chi connectivity index (χ1v) is 5.78. The van der Waals surface area contributed by atoms with Crippen molar-refractivity contribution < 1.29 is 4.39 Å². The number of nitrogens with one attached hydrogen (secondary N) is 1. The molecule has 0 amide bonds. The molecule has 3 nitrogen and oxygen atoms in total. The summed E-state index contributed by atoms with van der Waals surface area (Å²) in [7, 11) is 0. The van der Waals surface area contributed by atoms with Gasteiger partial charge in [0.15, 0.2) is 5.82 Å². The number of hydrogen-bond acceptors (Lipinski definition) is 4. The molecule has 5 heteroatoms. The van der Waals surface area contributed by atoms with E-state index in [0.29, 0.717) is 0 Å². The summed E-state index contributed by atoms with van der Waals surface area (Å²) in [5.74, 6) is 0.539. The Hall–Kier alpha value is -1.49. The molecule has 0 aliphatic heterocycles. The Morgan fingerprint density at radius 2 is 2.19 bits per heavy atom. The van der Waals surface area contributed by atoms with E-state index in [0.717, 1.165) is 40.9 Å². The highest BCUT2D eigenvalue weighted by atomic mass is 32.1. The molecular weight excluding hydrogens is 225 g/mol. The minimum absolute atomic E-state index is 0.227. The van der Waals surface area contributed by atoms with Gasteiger partial charge in [0.2, 0.25) is 0 Å². The third-order valence-electron chi connectivity index (χ3n) is 2.28. The molecule has 2 rings (SSSR count). The van der Waals surface area contributed by atoms with Crippen molar-refractivity contribution in [1.29, 1.82) is 0 Å². The van der Waals surface area contributed by atoms with Gasteiger partial charge in [0.05, 0.1) is 11.7 Å². The maximum atomic E-state index is 13.0. The molecule has 0 radical (unpaired) electrons. The van der Waals surface area contributed by atoms with Crippen LogP contribution in [0.5, 0.6) is 0 Å². The van der Waals surface area contributed by atoms with Gasteiger partial charge in [0.1, 0.15) is 11.5 Å². The van der Waals surface area contributed by atoms with Gasteiger partial charge < -0.3 is 5.32 Å². The Labute approximate surface area is 97.7 Å². The number of benzene rings is 1. The first kappa shape index (κ1) is 11.0. The van der Waals surface area contributed by atoms with Crippen LogP contribution in [-0.4, -0.2) is 15.3 Å². The van der Waals surface area contributed by atoms with Crippen molar-refractivity contribution in [1.82, 2.24) is 8.75 Å². The minimum Gasteiger partial charge on any atom is -0.368 e. The van der Waals surface area contributed by atoms with E-state index in [1.165, 1.54) is 12.1 Å². The SMILES string of the molecule is CCNc1nsnc1-c1ccc(F)cc1C. The van der Waals surface area contributed by atoms with Gasteiger partial charge in [0.25, 0.3) is 0 Å². The zero-order chi connectivity index (χ0) is 11.5. The van der Waals surface area contributed by atoms with Crippen molar-refractivity contribution in [2.45, 2.75) is 13.8 Å². The number of rotatable bonds is 3. The van der Waals surface area contributed by atoms with Gasteiger partial charge in [-0.3, -0.25) is 0 Å². The molecule has 0 atom stereocenters. The lowest BCUT2D eigenvalue weighted by Gasteiger charge is -2.05. The zero-order valence-corrected chi connectivity index (χ0v) is 9.94. The van der Waals surface area contributed by atoms with Crippen LogP contribution < -0.4 is 5.32 Å². The molecule has 0 unspecified atom stereocenters. The standard InChI is InChI=1S/C11H12FN3S/c1-3-13-11-10(14-16-15-11)9-5-4-8(12)6-7(9)2/h4-6H,3H2,1-2H3,(H,13,15). The molecule has 1 aromatic carbocycles. The van der Waals surface area contributed by atoms with E-state index in [4.69, 9.17) is 0 Å². The quantitative estimate of drug-likeness (QED) is 0.891. The van der Waals surface area contributed by atoms with Crippen LogP contribution in [0.3, 0.4) is 0 Å². The van der Waals surface area contributed by atoms with E-state index in [2.05, 4.69) is 14.1 Å². The fourth-order valence-corrected chi connectivity index (χ4v) is 2.08. The summed E-state index contributed by atoms with van der Waals surface area (Å²) in [6.45, 7) is 4.66. The van der Waals surface area contributed by atoms with Crippen molar-refractivity contribution in [2.75, 3.05) is 11.9 Å². The van der Waals surface area contributed by atoms with Gasteiger partial charge >= 0.3 is 0 Å². The first-order chi connectivity index (χ1) is 7.72. The fraction of sp³-hybridized carbons (Fsp3) is 0.273. The van der Waals surface area contributed by atoms with Crippen LogP contribution in [0.1, 0.15) is 12.5 Å². The maximum absolute atomic E-state index is 13.0. The van der Waals surface area contributed by atoms with E-state index in [1.54, 1.807) is 6.07 Å². The molecule has 1 heterocycles. The van der Waals surface area contributed by atoms with E-state index >= 15 is 0 Å². The van der Waals surface area contributed by atoms with E-state index < -0.39 is 0 Å². The molecule has 1 N–H and O–H groups in total. The summed E-state index contributed by atoms with van der Waals surface area (Å²) in [6, 6.07) is 4.68. The average Bonchev–Trinajstić information content (AvgIpc) is 2.67. The molecule has 0 aliphatic carbocycles. The monoisotopic (exact) mass is 237 g/mol. The minimum atomic E-state index is -0.227. The van der Waals surface area contributed by atoms with E-state index in [-0.39, 0.29) is 5.82 Å². The maximum Gasteiger partial charge on any atom is 0.168 e. The molecular formula is C11H12FN3S. The van der Waals surface area contributed by atoms with Gasteiger partial charge in [-0.15, -0.1) is 0 Å². The number of halogens is 1. The normalized spacial score (nSPS) is 10.4. The number of aryl methyl sites for hydroxylation is 1. The summed E-state index contributed by atoms with van der Waals surface area (Å²) >= 11 is 1.16. The smallest absolute Gasteiger partial charge is 0.168 e. The molecule has 0 saturated heterocycles. The predicted octanol–water partition coefficient (Wildman–Crippen LogP) is 3.08. The molecule has 84 valence electrons. The van der Waals surface area contributed by atoms with Gasteiger partial charge in [-0.2, -0.15) is 8.75 Å². The van der Waals surface area contributed by atoms with E-state index in [1.807, 2.05) is 13.8 Å². The fourth-order valence-electron chi connectivity index (χ4n) is 1.54. The first-order valence-electron chi connectivity index (χ1n) is 5.05. The second-order valence-corrected chi connectivity index (χ2v) is 3.98. The second-order valence-electron chi connectivity index (χ2n) is 3.45. The average molecular weight is 237 g/mol. The van der Waals surface area contributed by atoms with Crippen LogP contribution in [0.25, 0.3) is 11.3 Å². The van der Waals surface area contributed by atoms with E-state index in [9.17, 15) is 4.39 Å². The van der Waals surface area contributed by atoms with Crippen molar-refractivity contribution in [3.05, 3.63) is 29.6 Å². The molecule has 16 heavy (non-hydrogen) atoms. The van der Waals surface area contributed by atoms with Crippen LogP contribution in [-0.2, 0) is 0 Å². The van der Waals surface area contributed by atoms with Gasteiger partial charge in [-0.25, -0.2) is 4.39 Å². The Balaban J connectivity index is 2.46. The molecule has 1 aromatic heterocycles. The number of aromatic nitrogens is 2. The Morgan fingerprint density at radius 1 is 1.38 bits per heavy atom. The summed E-state index contributed by atoms with van der Waals surface area (Å²) in [6.07, 6.45) is 0. The second kappa shape index (κ2) is 4.57. The van der Waals surface area contributed by atoms with Gasteiger partial charge in [0, 0.05) is 12.1 Å². The zero-order valence-electron chi connectivity index (χ0n) is 9.12. The highest BCUT2D eigenvalue weighted by molar-refractivity contribution is 6.99. The Bertz CT molecular complexity index is 496. The molecule has 2 aromatic rings. The highest BCUT2D eigenvalue weighted by Crippen LogP contribution is 2.28. The third-order valence-corrected chi connectivity index (χ3v) is 2.80.